The van der Waals surface area contributed by atoms with Crippen LogP contribution < -0.4 is 9.80 Å². The molecular weight excluding hydrogens is 1000 g/mol. The van der Waals surface area contributed by atoms with Crippen LogP contribution in [0.15, 0.2) is 303 Å². The van der Waals surface area contributed by atoms with Crippen LogP contribution in [0.1, 0.15) is 51.8 Å². The van der Waals surface area contributed by atoms with E-state index >= 15 is 0 Å². The van der Waals surface area contributed by atoms with Crippen LogP contribution in [0.4, 0.5) is 34.1 Å². The normalized spacial score (nSPS) is 13.2. The molecule has 0 bridgehead atoms. The highest BCUT2D eigenvalue weighted by atomic mass is 15.2. The Kier molecular flexibility index (Phi) is 12.4. The van der Waals surface area contributed by atoms with Crippen molar-refractivity contribution in [1.82, 2.24) is 0 Å². The Morgan fingerprint density at radius 1 is 0.277 bits per heavy atom. The second-order valence-corrected chi connectivity index (χ2v) is 22.4. The molecule has 394 valence electrons. The van der Waals surface area contributed by atoms with E-state index in [1.54, 1.807) is 0 Å². The predicted molar refractivity (Wildman–Crippen MR) is 350 cm³/mol. The van der Waals surface area contributed by atoms with Crippen LogP contribution in [0.5, 0.6) is 0 Å². The van der Waals surface area contributed by atoms with E-state index in [-0.39, 0.29) is 0 Å². The molecule has 0 unspecified atom stereocenters. The van der Waals surface area contributed by atoms with Gasteiger partial charge in [0.2, 0.25) is 0 Å². The molecule has 12 aromatic carbocycles. The highest BCUT2D eigenvalue weighted by Crippen LogP contribution is 2.63. The van der Waals surface area contributed by atoms with Crippen LogP contribution in [0.25, 0.3) is 72.3 Å². The lowest BCUT2D eigenvalue weighted by Crippen LogP contribution is -2.25. The largest absolute Gasteiger partial charge is 0.310 e. The van der Waals surface area contributed by atoms with Gasteiger partial charge in [-0.05, 0) is 211 Å². The summed E-state index contributed by atoms with van der Waals surface area (Å²) in [6.45, 7) is 4.53. The summed E-state index contributed by atoms with van der Waals surface area (Å²) in [5, 5.41) is 0. The first-order valence-corrected chi connectivity index (χ1v) is 29.1. The summed E-state index contributed by atoms with van der Waals surface area (Å²) in [5.74, 6) is 0. The van der Waals surface area contributed by atoms with Crippen LogP contribution in [-0.2, 0) is 5.41 Å². The Morgan fingerprint density at radius 3 is 1.13 bits per heavy atom. The standard InChI is InChI=1S/C81H60N2/c1-55-49-63(59-25-11-5-12-26-59)40-47-79(55)82(67-42-35-61(36-43-67)57-21-7-3-8-22-57)69-51-66(65-39-46-74-73-31-17-20-34-77(73)81(78(74)53-65)75-32-18-15-29-71(75)72-30-16-19-33-76(72)81)52-70(54-69)83(68-44-37-62(38-45-68)58-23-9-4-10-24-58)80-48-41-64(50-56(80)2)60-27-13-6-14-28-60/h3-5,7-13,15-54H,6,14H2,1-2H3. The lowest BCUT2D eigenvalue weighted by Gasteiger charge is -2.32. The number of allylic oxidation sites excluding steroid dienone is 4. The Bertz CT molecular complexity index is 4430. The molecule has 2 nitrogen and oxygen atoms in total. The van der Waals surface area contributed by atoms with Gasteiger partial charge in [-0.15, -0.1) is 0 Å². The van der Waals surface area contributed by atoms with Crippen LogP contribution in [-0.4, -0.2) is 0 Å². The number of hydrogen-bond donors (Lipinski definition) is 0. The first-order valence-electron chi connectivity index (χ1n) is 29.1. The summed E-state index contributed by atoms with van der Waals surface area (Å²) in [7, 11) is 0. The minimum absolute atomic E-state index is 0.492. The number of hydrogen-bond acceptors (Lipinski definition) is 2. The quantitative estimate of drug-likeness (QED) is 0.127. The van der Waals surface area contributed by atoms with Crippen LogP contribution in [0, 0.1) is 13.8 Å². The van der Waals surface area contributed by atoms with Crippen LogP contribution in [0.3, 0.4) is 0 Å². The Hall–Kier alpha value is -10.3. The maximum Gasteiger partial charge on any atom is 0.0725 e. The zero-order valence-corrected chi connectivity index (χ0v) is 46.7. The summed E-state index contributed by atoms with van der Waals surface area (Å²) in [5.41, 5.74) is 30.7. The zero-order valence-electron chi connectivity index (χ0n) is 46.7. The van der Waals surface area contributed by atoms with Gasteiger partial charge in [-0.3, -0.25) is 0 Å². The summed E-state index contributed by atoms with van der Waals surface area (Å²) in [6.07, 6.45) is 9.09. The molecule has 3 aliphatic rings. The molecule has 0 saturated heterocycles. The molecule has 2 heteroatoms. The fourth-order valence-corrected chi connectivity index (χ4v) is 13.6. The van der Waals surface area contributed by atoms with E-state index in [0.29, 0.717) is 0 Å². The van der Waals surface area contributed by atoms with Gasteiger partial charge in [0, 0.05) is 34.1 Å². The van der Waals surface area contributed by atoms with E-state index in [1.165, 1.54) is 100 Å². The van der Waals surface area contributed by atoms with Crippen molar-refractivity contribution in [3.63, 3.8) is 0 Å². The van der Waals surface area contributed by atoms with Crippen molar-refractivity contribution in [3.8, 4) is 66.8 Å². The SMILES string of the molecule is Cc1cc(C2=CCCC=C2)ccc1N(c1ccc(-c2ccccc2)cc1)c1cc(-c2ccc3c(c2)C2(c4ccccc4-c4ccccc42)c2ccccc2-3)cc(N(c2ccc(-c3ccccc3)cc2)c2ccc(-c3ccccc3)cc2C)c1. The third kappa shape index (κ3) is 8.57. The second kappa shape index (κ2) is 20.7. The van der Waals surface area contributed by atoms with E-state index in [0.717, 1.165) is 58.1 Å². The number of benzene rings is 12. The molecule has 0 fully saturated rings. The van der Waals surface area contributed by atoms with Crippen molar-refractivity contribution in [2.45, 2.75) is 32.1 Å². The lowest BCUT2D eigenvalue weighted by atomic mass is 9.70. The lowest BCUT2D eigenvalue weighted by molar-refractivity contribution is 0.794. The summed E-state index contributed by atoms with van der Waals surface area (Å²) in [4.78, 5) is 4.97. The third-order valence-corrected chi connectivity index (χ3v) is 17.5. The van der Waals surface area contributed by atoms with Crippen LogP contribution in [0.2, 0.25) is 0 Å². The second-order valence-electron chi connectivity index (χ2n) is 22.4. The summed E-state index contributed by atoms with van der Waals surface area (Å²) in [6, 6.07) is 106. The van der Waals surface area contributed by atoms with Gasteiger partial charge >= 0.3 is 0 Å². The minimum atomic E-state index is -0.492. The van der Waals surface area contributed by atoms with E-state index in [9.17, 15) is 0 Å². The molecule has 0 N–H and O–H groups in total. The predicted octanol–water partition coefficient (Wildman–Crippen LogP) is 22.0. The monoisotopic (exact) mass is 1060 g/mol. The van der Waals surface area contributed by atoms with E-state index in [1.807, 2.05) is 0 Å². The van der Waals surface area contributed by atoms with Gasteiger partial charge in [-0.2, -0.15) is 0 Å². The average molecular weight is 1060 g/mol. The van der Waals surface area contributed by atoms with Crippen LogP contribution >= 0.6 is 0 Å². The Balaban J connectivity index is 0.987. The number of nitrogens with zero attached hydrogens (tertiary/aromatic N) is 2. The molecule has 0 heterocycles. The topological polar surface area (TPSA) is 6.48 Å². The third-order valence-electron chi connectivity index (χ3n) is 17.5. The van der Waals surface area contributed by atoms with Gasteiger partial charge in [0.05, 0.1) is 5.41 Å². The summed E-state index contributed by atoms with van der Waals surface area (Å²) < 4.78 is 0. The average Bonchev–Trinajstić information content (AvgIpc) is 2.46. The highest BCUT2D eigenvalue weighted by molar-refractivity contribution is 5.97. The van der Waals surface area contributed by atoms with Gasteiger partial charge in [-0.25, -0.2) is 0 Å². The van der Waals surface area contributed by atoms with Gasteiger partial charge in [0.25, 0.3) is 0 Å². The fourth-order valence-electron chi connectivity index (χ4n) is 13.6. The molecule has 0 radical (unpaired) electrons. The number of anilines is 6. The number of aryl methyl sites for hydroxylation is 2. The molecular formula is C81H60N2. The minimum Gasteiger partial charge on any atom is -0.310 e. The van der Waals surface area contributed by atoms with Crippen molar-refractivity contribution in [3.05, 3.63) is 342 Å². The van der Waals surface area contributed by atoms with Gasteiger partial charge in [-0.1, -0.05) is 231 Å². The van der Waals surface area contributed by atoms with Crippen molar-refractivity contribution < 1.29 is 0 Å². The van der Waals surface area contributed by atoms with Crippen molar-refractivity contribution in [2.75, 3.05) is 9.80 Å². The van der Waals surface area contributed by atoms with E-state index < -0.39 is 5.41 Å². The van der Waals surface area contributed by atoms with Gasteiger partial charge < -0.3 is 9.80 Å². The Labute approximate surface area is 487 Å². The molecule has 3 aliphatic carbocycles. The first-order chi connectivity index (χ1) is 41.0. The number of rotatable bonds is 11. The zero-order chi connectivity index (χ0) is 55.4. The Morgan fingerprint density at radius 2 is 0.663 bits per heavy atom. The maximum absolute atomic E-state index is 2.53. The molecule has 12 aromatic rings. The molecule has 0 atom stereocenters. The maximum atomic E-state index is 2.53. The molecule has 15 rings (SSSR count). The fraction of sp³-hybridized carbons (Fsp3) is 0.0617. The van der Waals surface area contributed by atoms with E-state index in [4.69, 9.17) is 0 Å². The van der Waals surface area contributed by atoms with E-state index in [2.05, 4.69) is 327 Å². The van der Waals surface area contributed by atoms with Gasteiger partial charge in [0.1, 0.15) is 0 Å². The molecule has 83 heavy (non-hydrogen) atoms. The molecule has 0 aliphatic heterocycles. The summed E-state index contributed by atoms with van der Waals surface area (Å²) >= 11 is 0. The molecule has 1 spiro atoms. The smallest absolute Gasteiger partial charge is 0.0725 e. The van der Waals surface area contributed by atoms with Crippen molar-refractivity contribution in [2.24, 2.45) is 0 Å². The van der Waals surface area contributed by atoms with Crippen molar-refractivity contribution in [1.29, 1.82) is 0 Å². The molecule has 0 aromatic heterocycles. The molecule has 0 amide bonds. The first kappa shape index (κ1) is 49.7. The van der Waals surface area contributed by atoms with Crippen molar-refractivity contribution >= 4 is 39.7 Å². The number of fused-ring (bicyclic) bond motifs is 10. The molecule has 0 saturated carbocycles. The van der Waals surface area contributed by atoms with Gasteiger partial charge in [0.15, 0.2) is 0 Å². The highest BCUT2D eigenvalue weighted by Gasteiger charge is 2.51.